The van der Waals surface area contributed by atoms with Crippen LogP contribution in [0.1, 0.15) is 13.8 Å². The third kappa shape index (κ3) is 22.3. The Hall–Kier alpha value is -7.41. The van der Waals surface area contributed by atoms with E-state index in [9.17, 15) is 36.3 Å². The number of nitrogen functional groups attached to an aromatic ring is 1. The van der Waals surface area contributed by atoms with Crippen molar-refractivity contribution in [1.82, 2.24) is 19.9 Å². The summed E-state index contributed by atoms with van der Waals surface area (Å²) in [6, 6.07) is 15.1. The molecule has 0 atom stereocenters. The predicted octanol–water partition coefficient (Wildman–Crippen LogP) is 11.9. The van der Waals surface area contributed by atoms with Crippen LogP contribution in [-0.4, -0.2) is 92.3 Å². The number of aromatic nitrogens is 4. The van der Waals surface area contributed by atoms with Crippen molar-refractivity contribution in [3.63, 3.8) is 0 Å². The van der Waals surface area contributed by atoms with Gasteiger partial charge in [-0.3, -0.25) is 9.59 Å². The molecule has 73 heavy (non-hydrogen) atoms. The fourth-order valence-corrected chi connectivity index (χ4v) is 5.41. The number of halogens is 9. The number of carboxylic acids is 2. The Balaban J connectivity index is 0.000000388. The van der Waals surface area contributed by atoms with Crippen LogP contribution >= 0.6 is 46.4 Å². The van der Waals surface area contributed by atoms with Gasteiger partial charge in [0, 0.05) is 47.5 Å². The number of nitrogens with two attached hydrogens (primary N) is 1. The number of benzene rings is 4. The summed E-state index contributed by atoms with van der Waals surface area (Å²) in [5.74, 6) is -7.34. The van der Waals surface area contributed by atoms with Crippen LogP contribution in [-0.2, 0) is 23.9 Å². The Morgan fingerprint density at radius 1 is 0.630 bits per heavy atom. The van der Waals surface area contributed by atoms with E-state index in [1.165, 1.54) is 43.0 Å². The van der Waals surface area contributed by atoms with Crippen LogP contribution in [0, 0.1) is 11.6 Å². The molecule has 0 aliphatic heterocycles. The highest BCUT2D eigenvalue weighted by Gasteiger charge is 2.16. The maximum atomic E-state index is 13.4. The molecule has 0 saturated heterocycles. The van der Waals surface area contributed by atoms with Gasteiger partial charge in [0.15, 0.2) is 5.83 Å². The molecule has 4 aromatic carbocycles. The third-order valence-electron chi connectivity index (χ3n) is 8.21. The smallest absolute Gasteiger partial charge is 0.364 e. The van der Waals surface area contributed by atoms with Gasteiger partial charge in [-0.25, -0.2) is 42.7 Å². The molecule has 0 spiro atoms. The van der Waals surface area contributed by atoms with Gasteiger partial charge in [0.1, 0.15) is 60.6 Å². The molecule has 7 N–H and O–H groups in total. The minimum Gasteiger partial charge on any atom is -0.489 e. The van der Waals surface area contributed by atoms with Crippen LogP contribution in [0.15, 0.2) is 111 Å². The van der Waals surface area contributed by atoms with Gasteiger partial charge >= 0.3 is 16.6 Å². The van der Waals surface area contributed by atoms with Gasteiger partial charge in [0.25, 0.3) is 5.91 Å². The zero-order valence-electron chi connectivity index (χ0n) is 38.2. The average molecular weight is 1100 g/mol. The lowest BCUT2D eigenvalue weighted by atomic mass is 10.1. The number of ether oxygens (including phenoxy) is 4. The van der Waals surface area contributed by atoms with E-state index < -0.39 is 51.7 Å². The van der Waals surface area contributed by atoms with E-state index in [2.05, 4.69) is 78.8 Å². The highest BCUT2D eigenvalue weighted by Crippen LogP contribution is 2.35. The summed E-state index contributed by atoms with van der Waals surface area (Å²) >= 11 is 20.5. The normalized spacial score (nSPS) is 10.0. The van der Waals surface area contributed by atoms with Gasteiger partial charge < -0.3 is 50.8 Å². The maximum Gasteiger partial charge on any atom is 0.364 e. The van der Waals surface area contributed by atoms with Gasteiger partial charge in [0.2, 0.25) is 11.7 Å². The lowest BCUT2D eigenvalue weighted by Gasteiger charge is -2.15. The van der Waals surface area contributed by atoms with Crippen molar-refractivity contribution >= 4 is 125 Å². The average Bonchev–Trinajstić information content (AvgIpc) is 3.32. The monoisotopic (exact) mass is 1100 g/mol. The molecule has 1 amide bonds. The Bertz CT molecular complexity index is 2880. The van der Waals surface area contributed by atoms with E-state index in [0.29, 0.717) is 89.3 Å². The Morgan fingerprint density at radius 2 is 1.03 bits per heavy atom. The van der Waals surface area contributed by atoms with Crippen molar-refractivity contribution in [1.29, 1.82) is 0 Å². The minimum absolute atomic E-state index is 0.0258. The number of amides is 1. The second-order valence-corrected chi connectivity index (χ2v) is 15.0. The number of anilines is 6. The van der Waals surface area contributed by atoms with Crippen molar-refractivity contribution in [2.45, 2.75) is 13.8 Å². The first-order chi connectivity index (χ1) is 34.5. The van der Waals surface area contributed by atoms with Gasteiger partial charge in [-0.15, -0.1) is 0 Å². The van der Waals surface area contributed by atoms with Crippen LogP contribution in [0.4, 0.5) is 61.1 Å². The number of carbonyl (C=O) groups excluding carboxylic acids is 2. The number of carboxylic acid groups (broad SMARTS) is 2. The van der Waals surface area contributed by atoms with Crippen LogP contribution in [0.2, 0.25) is 10.0 Å². The predicted molar refractivity (Wildman–Crippen MR) is 269 cm³/mol. The van der Waals surface area contributed by atoms with Crippen molar-refractivity contribution < 1.29 is 70.3 Å². The molecule has 0 radical (unpaired) electrons. The number of carbonyl (C=O) groups is 4. The summed E-state index contributed by atoms with van der Waals surface area (Å²) in [6.45, 7) is 14.3. The largest absolute Gasteiger partial charge is 0.489 e. The molecule has 2 heterocycles. The van der Waals surface area contributed by atoms with Crippen molar-refractivity contribution in [2.24, 2.45) is 0 Å². The molecule has 0 aliphatic rings. The molecule has 27 heteroatoms. The summed E-state index contributed by atoms with van der Waals surface area (Å²) < 4.78 is 83.0. The summed E-state index contributed by atoms with van der Waals surface area (Å²) in [7, 11) is 0. The number of nitrogens with one attached hydrogen (secondary N) is 3. The Morgan fingerprint density at radius 3 is 1.41 bits per heavy atom. The number of hydrogen-bond acceptors (Lipinski definition) is 15. The lowest BCUT2D eigenvalue weighted by Crippen LogP contribution is -2.14. The maximum absolute atomic E-state index is 13.4. The summed E-state index contributed by atoms with van der Waals surface area (Å²) in [5.41, 5.74) is 9.00. The molecule has 0 saturated carbocycles. The van der Waals surface area contributed by atoms with E-state index in [0.717, 1.165) is 0 Å². The second-order valence-electron chi connectivity index (χ2n) is 13.3. The van der Waals surface area contributed by atoms with E-state index in [4.69, 9.17) is 62.9 Å². The second kappa shape index (κ2) is 31.8. The molecular formula is C46H43Cl4F5N8O10. The number of hydrogen-bond donors (Lipinski definition) is 6. The molecule has 6 rings (SSSR count). The topological polar surface area (TPSA) is 259 Å². The molecule has 0 aliphatic carbocycles. The lowest BCUT2D eigenvalue weighted by molar-refractivity contribution is -0.135. The van der Waals surface area contributed by atoms with E-state index >= 15 is 0 Å². The fraction of sp³-hybridized carbons (Fsp3) is 0.174. The first-order valence-electron chi connectivity index (χ1n) is 20.3. The zero-order chi connectivity index (χ0) is 54.8. The molecular weight excluding hydrogens is 1060 g/mol. The molecule has 18 nitrogen and oxygen atoms in total. The van der Waals surface area contributed by atoms with Crippen LogP contribution < -0.4 is 31.2 Å². The highest BCUT2D eigenvalue weighted by molar-refractivity contribution is 6.93. The molecule has 0 fully saturated rings. The standard InChI is InChI=1S/C21H19ClF2N4O3.C18H18ClFN4O2.2C3H3FO2.CCl2O/c1-3-30-6-7-31-19-10-17-14(9-18(19)28-21(29)12(2)23)20(26-11-25-17)27-13-4-5-16(24)15(22)8-13;1-2-25-5-6-26-17-9-16-12(8-15(17)21)18(23-10-22-16)24-11-3-4-14(20)13(19)7-11;2*1-2(4)3(5)6;2-1(3)4/h4-5,8-11H,2-3,6-7H2,1H3,(H,28,29)(H,25,26,27);3-4,7-10H,2,5-6,21H2,1H3,(H,22,23,24);2*1H2,(H,5,6);. The summed E-state index contributed by atoms with van der Waals surface area (Å²) in [6.07, 6.45) is 2.76. The quantitative estimate of drug-likeness (QED) is 0.0154. The zero-order valence-corrected chi connectivity index (χ0v) is 41.2. The van der Waals surface area contributed by atoms with E-state index in [1.54, 1.807) is 30.3 Å². The molecule has 390 valence electrons. The summed E-state index contributed by atoms with van der Waals surface area (Å²) in [5, 5.41) is 24.8. The van der Waals surface area contributed by atoms with Crippen LogP contribution in [0.3, 0.4) is 0 Å². The SMILES string of the molecule is C=C(F)C(=O)Nc1cc2c(Nc3ccc(F)c(Cl)c3)ncnc2cc1OCCOCC.C=C(F)C(=O)O.C=C(F)C(=O)O.CCOCCOc1cc2ncnc(Nc3ccc(F)c(Cl)c3)c2cc1N.O=C(Cl)Cl. The number of nitrogens with zero attached hydrogens (tertiary/aromatic N) is 4. The molecule has 0 bridgehead atoms. The first kappa shape index (κ1) is 61.7. The molecule has 0 unspecified atom stereocenters. The van der Waals surface area contributed by atoms with Gasteiger partial charge in [-0.2, -0.15) is 8.78 Å². The number of fused-ring (bicyclic) bond motifs is 2. The first-order valence-corrected chi connectivity index (χ1v) is 21.8. The Kier molecular flexibility index (Phi) is 26.9. The van der Waals surface area contributed by atoms with Crippen molar-refractivity contribution in [3.8, 4) is 11.5 Å². The summed E-state index contributed by atoms with van der Waals surface area (Å²) in [4.78, 5) is 56.2. The number of aliphatic carboxylic acids is 2. The third-order valence-corrected chi connectivity index (χ3v) is 8.78. The van der Waals surface area contributed by atoms with E-state index in [-0.39, 0.29) is 28.1 Å². The van der Waals surface area contributed by atoms with Gasteiger partial charge in [-0.1, -0.05) is 42.9 Å². The Labute approximate surface area is 432 Å². The van der Waals surface area contributed by atoms with Gasteiger partial charge in [-0.05, 0) is 85.6 Å². The van der Waals surface area contributed by atoms with Crippen LogP contribution in [0.25, 0.3) is 21.8 Å². The van der Waals surface area contributed by atoms with Gasteiger partial charge in [0.05, 0.1) is 45.7 Å². The highest BCUT2D eigenvalue weighted by atomic mass is 35.5. The van der Waals surface area contributed by atoms with E-state index in [1.807, 2.05) is 13.8 Å². The molecule has 6 aromatic rings. The minimum atomic E-state index is -1.60. The van der Waals surface area contributed by atoms with Crippen LogP contribution in [0.5, 0.6) is 11.5 Å². The van der Waals surface area contributed by atoms with Crippen molar-refractivity contribution in [3.05, 3.63) is 132 Å². The molecule has 2 aromatic heterocycles. The van der Waals surface area contributed by atoms with Crippen molar-refractivity contribution in [2.75, 3.05) is 61.3 Å². The number of rotatable bonds is 18. The fourth-order valence-electron chi connectivity index (χ4n) is 5.05.